The van der Waals surface area contributed by atoms with E-state index in [4.69, 9.17) is 22.1 Å². The molecule has 0 aliphatic heterocycles. The molecular weight excluding hydrogens is 499 g/mol. The molecule has 4 nitrogen and oxygen atoms in total. The highest BCUT2D eigenvalue weighted by atomic mass is 127. The summed E-state index contributed by atoms with van der Waals surface area (Å²) in [6.45, 7) is 0.133. The van der Waals surface area contributed by atoms with Crippen molar-refractivity contribution in [2.75, 3.05) is 12.4 Å². The van der Waals surface area contributed by atoms with Gasteiger partial charge in [-0.15, -0.1) is 24.0 Å². The molecule has 0 saturated heterocycles. The van der Waals surface area contributed by atoms with E-state index in [2.05, 4.69) is 26.2 Å². The monoisotopic (exact) mass is 513 g/mol. The first kappa shape index (κ1) is 20.0. The zero-order valence-electron chi connectivity index (χ0n) is 12.1. The Morgan fingerprint density at radius 1 is 1.35 bits per heavy atom. The van der Waals surface area contributed by atoms with Gasteiger partial charge in [0, 0.05) is 15.7 Å². The summed E-state index contributed by atoms with van der Waals surface area (Å²) >= 11 is 9.31. The van der Waals surface area contributed by atoms with E-state index in [1.807, 2.05) is 0 Å². The fraction of sp³-hybridized carbons (Fsp3) is 0.133. The average Bonchev–Trinajstić information content (AvgIpc) is 2.48. The standard InChI is InChI=1S/C15H14BrClFN3O.HI/c1-22-14-5-3-11(7-12(14)17)21-15(19)20-8-9-6-10(16)2-4-13(9)18;/h2-7H,8H2,1H3,(H3,19,20,21);1H. The smallest absolute Gasteiger partial charge is 0.193 e. The van der Waals surface area contributed by atoms with E-state index in [0.29, 0.717) is 22.0 Å². The molecule has 0 heterocycles. The number of guanidine groups is 1. The molecule has 2 aromatic rings. The van der Waals surface area contributed by atoms with E-state index < -0.39 is 0 Å². The van der Waals surface area contributed by atoms with Gasteiger partial charge >= 0.3 is 0 Å². The average molecular weight is 515 g/mol. The van der Waals surface area contributed by atoms with Crippen molar-refractivity contribution in [3.63, 3.8) is 0 Å². The van der Waals surface area contributed by atoms with E-state index in [-0.39, 0.29) is 42.3 Å². The van der Waals surface area contributed by atoms with Crippen LogP contribution in [-0.2, 0) is 6.54 Å². The van der Waals surface area contributed by atoms with Crippen LogP contribution < -0.4 is 15.8 Å². The van der Waals surface area contributed by atoms with Crippen molar-refractivity contribution in [3.8, 4) is 5.75 Å². The Morgan fingerprint density at radius 3 is 2.74 bits per heavy atom. The zero-order valence-corrected chi connectivity index (χ0v) is 16.8. The topological polar surface area (TPSA) is 59.6 Å². The molecule has 23 heavy (non-hydrogen) atoms. The van der Waals surface area contributed by atoms with Crippen LogP contribution in [0.25, 0.3) is 0 Å². The lowest BCUT2D eigenvalue weighted by Crippen LogP contribution is -2.22. The molecule has 0 amide bonds. The molecule has 3 N–H and O–H groups in total. The number of ether oxygens (including phenoxy) is 1. The van der Waals surface area contributed by atoms with Crippen LogP contribution >= 0.6 is 51.5 Å². The number of hydrogen-bond acceptors (Lipinski definition) is 2. The number of hydrogen-bond donors (Lipinski definition) is 2. The zero-order chi connectivity index (χ0) is 16.1. The number of aliphatic imine (C=N–C) groups is 1. The number of halogens is 4. The van der Waals surface area contributed by atoms with E-state index in [1.165, 1.54) is 13.2 Å². The maximum atomic E-state index is 13.6. The summed E-state index contributed by atoms with van der Waals surface area (Å²) in [5.74, 6) is 0.409. The minimum absolute atomic E-state index is 0. The third-order valence-corrected chi connectivity index (χ3v) is 3.64. The Labute approximate surface area is 164 Å². The van der Waals surface area contributed by atoms with Crippen LogP contribution in [0.1, 0.15) is 5.56 Å². The summed E-state index contributed by atoms with van der Waals surface area (Å²) in [4.78, 5) is 4.11. The van der Waals surface area contributed by atoms with Gasteiger partial charge in [-0.05, 0) is 36.4 Å². The van der Waals surface area contributed by atoms with Crippen LogP contribution in [-0.4, -0.2) is 13.1 Å². The predicted molar refractivity (Wildman–Crippen MR) is 106 cm³/mol. The number of methoxy groups -OCH3 is 1. The minimum atomic E-state index is -0.327. The SMILES string of the molecule is COc1ccc(NC(N)=NCc2cc(Br)ccc2F)cc1Cl.I. The summed E-state index contributed by atoms with van der Waals surface area (Å²) in [6, 6.07) is 9.81. The van der Waals surface area contributed by atoms with E-state index in [0.717, 1.165) is 4.47 Å². The molecule has 0 bridgehead atoms. The van der Waals surface area contributed by atoms with Gasteiger partial charge in [0.2, 0.25) is 0 Å². The summed E-state index contributed by atoms with van der Waals surface area (Å²) in [5.41, 5.74) is 6.91. The molecule has 8 heteroatoms. The third-order valence-electron chi connectivity index (χ3n) is 2.85. The number of nitrogens with zero attached hydrogens (tertiary/aromatic N) is 1. The molecule has 0 aliphatic carbocycles. The molecule has 0 fully saturated rings. The summed E-state index contributed by atoms with van der Waals surface area (Å²) in [7, 11) is 1.54. The fourth-order valence-electron chi connectivity index (χ4n) is 1.77. The Kier molecular flexibility index (Phi) is 8.07. The van der Waals surface area contributed by atoms with Crippen LogP contribution in [0, 0.1) is 5.82 Å². The minimum Gasteiger partial charge on any atom is -0.495 e. The van der Waals surface area contributed by atoms with Gasteiger partial charge in [0.15, 0.2) is 5.96 Å². The second-order valence-electron chi connectivity index (χ2n) is 4.41. The van der Waals surface area contributed by atoms with Gasteiger partial charge in [0.1, 0.15) is 11.6 Å². The van der Waals surface area contributed by atoms with Crippen LogP contribution in [0.3, 0.4) is 0 Å². The van der Waals surface area contributed by atoms with Gasteiger partial charge in [0.05, 0.1) is 18.7 Å². The molecule has 0 spiro atoms. The highest BCUT2D eigenvalue weighted by Crippen LogP contribution is 2.27. The molecular formula is C15H15BrClFIN3O. The van der Waals surface area contributed by atoms with Gasteiger partial charge in [-0.25, -0.2) is 9.38 Å². The molecule has 0 atom stereocenters. The summed E-state index contributed by atoms with van der Waals surface area (Å²) < 4.78 is 19.5. The van der Waals surface area contributed by atoms with Gasteiger partial charge in [-0.3, -0.25) is 0 Å². The Bertz CT molecular complexity index is 715. The highest BCUT2D eigenvalue weighted by Gasteiger charge is 2.04. The second-order valence-corrected chi connectivity index (χ2v) is 5.73. The molecule has 2 rings (SSSR count). The van der Waals surface area contributed by atoms with Gasteiger partial charge in [0.25, 0.3) is 0 Å². The number of nitrogens with two attached hydrogens (primary N) is 1. The van der Waals surface area contributed by atoms with Crippen LogP contribution in [0.4, 0.5) is 10.1 Å². The first-order valence-corrected chi connectivity index (χ1v) is 7.51. The van der Waals surface area contributed by atoms with Gasteiger partial charge in [-0.2, -0.15) is 0 Å². The summed E-state index contributed by atoms with van der Waals surface area (Å²) in [5, 5.41) is 3.35. The quantitative estimate of drug-likeness (QED) is 0.350. The lowest BCUT2D eigenvalue weighted by molar-refractivity contribution is 0.415. The van der Waals surface area contributed by atoms with E-state index in [9.17, 15) is 4.39 Å². The Hall–Kier alpha value is -1.06. The predicted octanol–water partition coefficient (Wildman–Crippen LogP) is 4.80. The maximum Gasteiger partial charge on any atom is 0.193 e. The second kappa shape index (κ2) is 9.29. The largest absolute Gasteiger partial charge is 0.495 e. The first-order valence-electron chi connectivity index (χ1n) is 6.34. The highest BCUT2D eigenvalue weighted by molar-refractivity contribution is 14.0. The van der Waals surface area contributed by atoms with E-state index >= 15 is 0 Å². The molecule has 124 valence electrons. The third kappa shape index (κ3) is 5.82. The lowest BCUT2D eigenvalue weighted by atomic mass is 10.2. The van der Waals surface area contributed by atoms with Crippen molar-refractivity contribution in [3.05, 3.63) is 57.3 Å². The number of anilines is 1. The first-order chi connectivity index (χ1) is 10.5. The van der Waals surface area contributed by atoms with Crippen molar-refractivity contribution in [2.45, 2.75) is 6.54 Å². The van der Waals surface area contributed by atoms with Crippen molar-refractivity contribution in [2.24, 2.45) is 10.7 Å². The van der Waals surface area contributed by atoms with Crippen molar-refractivity contribution >= 4 is 63.2 Å². The number of benzene rings is 2. The number of nitrogens with one attached hydrogen (secondary N) is 1. The van der Waals surface area contributed by atoms with Crippen molar-refractivity contribution in [1.29, 1.82) is 0 Å². The maximum absolute atomic E-state index is 13.6. The van der Waals surface area contributed by atoms with E-state index in [1.54, 1.807) is 30.3 Å². The molecule has 2 aromatic carbocycles. The van der Waals surface area contributed by atoms with Crippen LogP contribution in [0.15, 0.2) is 45.9 Å². The van der Waals surface area contributed by atoms with Crippen LogP contribution in [0.2, 0.25) is 5.02 Å². The molecule has 0 aromatic heterocycles. The normalized spacial score (nSPS) is 10.9. The molecule has 0 unspecified atom stereocenters. The molecule has 0 radical (unpaired) electrons. The van der Waals surface area contributed by atoms with Crippen LogP contribution in [0.5, 0.6) is 5.75 Å². The molecule has 0 saturated carbocycles. The van der Waals surface area contributed by atoms with Crippen molar-refractivity contribution in [1.82, 2.24) is 0 Å². The number of rotatable bonds is 4. The fourth-order valence-corrected chi connectivity index (χ4v) is 2.43. The Morgan fingerprint density at radius 2 is 2.09 bits per heavy atom. The molecule has 0 aliphatic rings. The summed E-state index contributed by atoms with van der Waals surface area (Å²) in [6.07, 6.45) is 0. The lowest BCUT2D eigenvalue weighted by Gasteiger charge is -2.08. The Balaban J connectivity index is 0.00000264. The van der Waals surface area contributed by atoms with Gasteiger partial charge < -0.3 is 15.8 Å². The van der Waals surface area contributed by atoms with Gasteiger partial charge in [-0.1, -0.05) is 27.5 Å². The van der Waals surface area contributed by atoms with Crippen molar-refractivity contribution < 1.29 is 9.13 Å².